The van der Waals surface area contributed by atoms with Crippen molar-refractivity contribution in [1.29, 1.82) is 0 Å². The number of nitrogens with one attached hydrogen (secondary N) is 1. The fourth-order valence-electron chi connectivity index (χ4n) is 1.27. The molecule has 0 bridgehead atoms. The summed E-state index contributed by atoms with van der Waals surface area (Å²) >= 11 is 0. The molecule has 0 aliphatic carbocycles. The molecule has 72 valence electrons. The fraction of sp³-hybridized carbons (Fsp3) is 0.182. The van der Waals surface area contributed by atoms with Crippen LogP contribution in [0.25, 0.3) is 0 Å². The van der Waals surface area contributed by atoms with E-state index in [2.05, 4.69) is 5.32 Å². The van der Waals surface area contributed by atoms with Crippen molar-refractivity contribution in [3.63, 3.8) is 0 Å². The molecule has 1 aliphatic heterocycles. The number of anilines is 1. The van der Waals surface area contributed by atoms with Gasteiger partial charge < -0.3 is 10.1 Å². The molecule has 3 nitrogen and oxygen atoms in total. The maximum atomic E-state index is 10.8. The van der Waals surface area contributed by atoms with E-state index in [1.807, 2.05) is 31.2 Å². The largest absolute Gasteiger partial charge is 0.456 e. The van der Waals surface area contributed by atoms with Gasteiger partial charge in [0.15, 0.2) is 0 Å². The number of carbonyl (C=O) groups excluding carboxylic acids is 1. The molecule has 0 atom stereocenters. The van der Waals surface area contributed by atoms with Crippen LogP contribution in [-0.4, -0.2) is 12.6 Å². The lowest BCUT2D eigenvalue weighted by molar-refractivity contribution is -0.134. The van der Waals surface area contributed by atoms with Crippen LogP contribution < -0.4 is 5.32 Å². The molecule has 0 amide bonds. The van der Waals surface area contributed by atoms with Crippen molar-refractivity contribution in [3.8, 4) is 0 Å². The third-order valence-electron chi connectivity index (χ3n) is 2.02. The van der Waals surface area contributed by atoms with Crippen molar-refractivity contribution >= 4 is 11.7 Å². The summed E-state index contributed by atoms with van der Waals surface area (Å²) in [5.41, 5.74) is 2.99. The number of carbonyl (C=O) groups is 1. The second-order valence-corrected chi connectivity index (χ2v) is 3.27. The van der Waals surface area contributed by atoms with E-state index in [0.29, 0.717) is 6.61 Å². The number of hydrogen-bond acceptors (Lipinski definition) is 3. The Morgan fingerprint density at radius 1 is 1.29 bits per heavy atom. The summed E-state index contributed by atoms with van der Waals surface area (Å²) in [6.07, 6.45) is 1.47. The second kappa shape index (κ2) is 3.54. The van der Waals surface area contributed by atoms with Crippen LogP contribution in [0.15, 0.2) is 36.0 Å². The Hall–Kier alpha value is -1.77. The summed E-state index contributed by atoms with van der Waals surface area (Å²) in [6.45, 7) is 2.37. The quantitative estimate of drug-likeness (QED) is 0.721. The zero-order chi connectivity index (χ0) is 9.97. The topological polar surface area (TPSA) is 38.3 Å². The Balaban J connectivity index is 2.08. The highest BCUT2D eigenvalue weighted by atomic mass is 16.5. The molecule has 14 heavy (non-hydrogen) atoms. The molecular formula is C11H11NO2. The molecule has 0 fully saturated rings. The third kappa shape index (κ3) is 1.93. The first-order chi connectivity index (χ1) is 6.74. The van der Waals surface area contributed by atoms with Crippen molar-refractivity contribution in [1.82, 2.24) is 0 Å². The van der Waals surface area contributed by atoms with Crippen molar-refractivity contribution in [2.45, 2.75) is 6.92 Å². The minimum atomic E-state index is -0.278. The van der Waals surface area contributed by atoms with Gasteiger partial charge in [0.25, 0.3) is 0 Å². The van der Waals surface area contributed by atoms with Crippen LogP contribution in [0, 0.1) is 6.92 Å². The molecule has 1 N–H and O–H groups in total. The number of benzene rings is 1. The minimum Gasteiger partial charge on any atom is -0.456 e. The number of hydrogen-bond donors (Lipinski definition) is 1. The van der Waals surface area contributed by atoms with Gasteiger partial charge >= 0.3 is 5.97 Å². The molecule has 0 radical (unpaired) electrons. The van der Waals surface area contributed by atoms with Gasteiger partial charge in [-0.25, -0.2) is 4.79 Å². The van der Waals surface area contributed by atoms with Crippen LogP contribution in [0.3, 0.4) is 0 Å². The average molecular weight is 189 g/mol. The lowest BCUT2D eigenvalue weighted by atomic mass is 10.2. The van der Waals surface area contributed by atoms with Crippen molar-refractivity contribution < 1.29 is 9.53 Å². The SMILES string of the molecule is Cc1ccc(NC2=CC(=O)OC2)cc1. The first-order valence-corrected chi connectivity index (χ1v) is 4.45. The van der Waals surface area contributed by atoms with E-state index < -0.39 is 0 Å². The van der Waals surface area contributed by atoms with Crippen molar-refractivity contribution in [2.75, 3.05) is 11.9 Å². The van der Waals surface area contributed by atoms with Gasteiger partial charge in [0.05, 0.1) is 5.70 Å². The summed E-state index contributed by atoms with van der Waals surface area (Å²) in [6, 6.07) is 7.97. The highest BCUT2D eigenvalue weighted by Gasteiger charge is 2.12. The van der Waals surface area contributed by atoms with Crippen molar-refractivity contribution in [3.05, 3.63) is 41.6 Å². The number of ether oxygens (including phenoxy) is 1. The predicted octanol–water partition coefficient (Wildman–Crippen LogP) is 1.85. The summed E-state index contributed by atoms with van der Waals surface area (Å²) in [5, 5.41) is 3.11. The van der Waals surface area contributed by atoms with Gasteiger partial charge in [-0.05, 0) is 19.1 Å². The van der Waals surface area contributed by atoms with Crippen LogP contribution in [0.5, 0.6) is 0 Å². The van der Waals surface area contributed by atoms with Gasteiger partial charge in [-0.3, -0.25) is 0 Å². The summed E-state index contributed by atoms with van der Waals surface area (Å²) in [7, 11) is 0. The predicted molar refractivity (Wildman–Crippen MR) is 53.8 cm³/mol. The molecule has 0 spiro atoms. The Bertz CT molecular complexity index is 379. The molecular weight excluding hydrogens is 178 g/mol. The van der Waals surface area contributed by atoms with Crippen LogP contribution in [0.2, 0.25) is 0 Å². The first kappa shape index (κ1) is 8.81. The zero-order valence-electron chi connectivity index (χ0n) is 7.91. The van der Waals surface area contributed by atoms with Crippen LogP contribution in [0.1, 0.15) is 5.56 Å². The van der Waals surface area contributed by atoms with E-state index >= 15 is 0 Å². The molecule has 3 heteroatoms. The molecule has 2 rings (SSSR count). The summed E-state index contributed by atoms with van der Waals surface area (Å²) in [4.78, 5) is 10.8. The Labute approximate surface area is 82.4 Å². The number of rotatable bonds is 2. The zero-order valence-corrected chi connectivity index (χ0v) is 7.91. The normalized spacial score (nSPS) is 14.9. The Morgan fingerprint density at radius 3 is 2.57 bits per heavy atom. The van der Waals surface area contributed by atoms with Gasteiger partial charge in [-0.15, -0.1) is 0 Å². The molecule has 0 saturated heterocycles. The van der Waals surface area contributed by atoms with E-state index in [1.54, 1.807) is 0 Å². The lowest BCUT2D eigenvalue weighted by Crippen LogP contribution is -2.00. The number of cyclic esters (lactones) is 1. The molecule has 1 aliphatic rings. The maximum Gasteiger partial charge on any atom is 0.333 e. The molecule has 1 aromatic carbocycles. The van der Waals surface area contributed by atoms with E-state index in [1.165, 1.54) is 11.6 Å². The van der Waals surface area contributed by atoms with Gasteiger partial charge in [0.2, 0.25) is 0 Å². The molecule has 1 aromatic rings. The van der Waals surface area contributed by atoms with E-state index in [0.717, 1.165) is 11.4 Å². The maximum absolute atomic E-state index is 10.8. The van der Waals surface area contributed by atoms with E-state index in [4.69, 9.17) is 4.74 Å². The van der Waals surface area contributed by atoms with Crippen molar-refractivity contribution in [2.24, 2.45) is 0 Å². The third-order valence-corrected chi connectivity index (χ3v) is 2.02. The van der Waals surface area contributed by atoms with E-state index in [9.17, 15) is 4.79 Å². The standard InChI is InChI=1S/C11H11NO2/c1-8-2-4-9(5-3-8)12-10-6-11(13)14-7-10/h2-6,12H,7H2,1H3. The number of esters is 1. The highest BCUT2D eigenvalue weighted by Crippen LogP contribution is 2.13. The van der Waals surface area contributed by atoms with E-state index in [-0.39, 0.29) is 5.97 Å². The van der Waals surface area contributed by atoms with Crippen LogP contribution >= 0.6 is 0 Å². The lowest BCUT2D eigenvalue weighted by Gasteiger charge is -2.05. The van der Waals surface area contributed by atoms with Gasteiger partial charge in [0, 0.05) is 11.8 Å². The van der Waals surface area contributed by atoms with Crippen LogP contribution in [0.4, 0.5) is 5.69 Å². The molecule has 0 unspecified atom stereocenters. The van der Waals surface area contributed by atoms with Crippen LogP contribution in [-0.2, 0) is 9.53 Å². The Kier molecular flexibility index (Phi) is 2.23. The van der Waals surface area contributed by atoms with Gasteiger partial charge in [-0.1, -0.05) is 17.7 Å². The average Bonchev–Trinajstić information content (AvgIpc) is 2.56. The highest BCUT2D eigenvalue weighted by molar-refractivity contribution is 5.86. The second-order valence-electron chi connectivity index (χ2n) is 3.27. The smallest absolute Gasteiger partial charge is 0.333 e. The van der Waals surface area contributed by atoms with Gasteiger partial charge in [0.1, 0.15) is 6.61 Å². The van der Waals surface area contributed by atoms with Gasteiger partial charge in [-0.2, -0.15) is 0 Å². The molecule has 1 heterocycles. The molecule has 0 aromatic heterocycles. The number of aryl methyl sites for hydroxylation is 1. The monoisotopic (exact) mass is 189 g/mol. The summed E-state index contributed by atoms with van der Waals surface area (Å²) in [5.74, 6) is -0.278. The minimum absolute atomic E-state index is 0.278. The molecule has 0 saturated carbocycles. The first-order valence-electron chi connectivity index (χ1n) is 4.45. The fourth-order valence-corrected chi connectivity index (χ4v) is 1.27. The summed E-state index contributed by atoms with van der Waals surface area (Å²) < 4.78 is 4.77. The Morgan fingerprint density at radius 2 is 2.00 bits per heavy atom.